The van der Waals surface area contributed by atoms with E-state index in [2.05, 4.69) is 45.9 Å². The largest absolute Gasteiger partial charge is 0.496 e. The van der Waals surface area contributed by atoms with Crippen LogP contribution in [0.4, 0.5) is 5.69 Å². The molecule has 2 saturated heterocycles. The number of nitrogens with zero attached hydrogens (tertiary/aromatic N) is 4. The van der Waals surface area contributed by atoms with Crippen LogP contribution in [0.25, 0.3) is 21.9 Å². The number of piperidine rings is 2. The Morgan fingerprint density at radius 3 is 2.31 bits per heavy atom. The molecule has 0 aliphatic carbocycles. The minimum atomic E-state index is -0.104. The predicted molar refractivity (Wildman–Crippen MR) is 191 cm³/mol. The third-order valence-electron chi connectivity index (χ3n) is 10.7. The van der Waals surface area contributed by atoms with Crippen molar-refractivity contribution >= 4 is 28.3 Å². The zero-order valence-corrected chi connectivity index (χ0v) is 27.6. The van der Waals surface area contributed by atoms with E-state index in [0.717, 1.165) is 64.8 Å². The highest BCUT2D eigenvalue weighted by Crippen LogP contribution is 2.37. The first kappa shape index (κ1) is 30.5. The highest BCUT2D eigenvalue weighted by Gasteiger charge is 2.32. The molecule has 0 unspecified atom stereocenters. The normalized spacial score (nSPS) is 17.1. The molecule has 4 aromatic carbocycles. The number of fused-ring (bicyclic) bond motifs is 3. The molecule has 48 heavy (non-hydrogen) atoms. The molecule has 0 bridgehead atoms. The summed E-state index contributed by atoms with van der Waals surface area (Å²) in [5.41, 5.74) is 6.09. The quantitative estimate of drug-likeness (QED) is 0.199. The molecule has 0 atom stereocenters. The van der Waals surface area contributed by atoms with Crippen LogP contribution >= 0.6 is 0 Å². The lowest BCUT2D eigenvalue weighted by atomic mass is 9.96. The molecule has 5 aromatic rings. The molecular weight excluding hydrogens is 596 g/mol. The Morgan fingerprint density at radius 2 is 1.48 bits per heavy atom. The summed E-state index contributed by atoms with van der Waals surface area (Å²) < 4.78 is 8.01. The smallest absolute Gasteiger partial charge is 0.270 e. The first-order chi connectivity index (χ1) is 23.6. The van der Waals surface area contributed by atoms with Crippen LogP contribution in [0.3, 0.4) is 0 Å². The lowest BCUT2D eigenvalue weighted by Crippen LogP contribution is -2.48. The van der Waals surface area contributed by atoms with Crippen LogP contribution in [0.15, 0.2) is 97.1 Å². The minimum Gasteiger partial charge on any atom is -0.496 e. The molecular formula is C41H42N4O3. The molecule has 7 heteroatoms. The van der Waals surface area contributed by atoms with Crippen LogP contribution < -0.4 is 9.64 Å². The van der Waals surface area contributed by atoms with Gasteiger partial charge in [0.25, 0.3) is 11.8 Å². The third kappa shape index (κ3) is 5.56. The number of likely N-dealkylation sites (tertiary alicyclic amines) is 2. The number of amides is 2. The van der Waals surface area contributed by atoms with Gasteiger partial charge in [0.1, 0.15) is 11.4 Å². The second-order valence-corrected chi connectivity index (χ2v) is 13.4. The highest BCUT2D eigenvalue weighted by atomic mass is 16.5. The van der Waals surface area contributed by atoms with Gasteiger partial charge in [0.2, 0.25) is 0 Å². The Labute approximate surface area is 282 Å². The number of methoxy groups -OCH3 is 1. The monoisotopic (exact) mass is 638 g/mol. The van der Waals surface area contributed by atoms with Gasteiger partial charge >= 0.3 is 0 Å². The van der Waals surface area contributed by atoms with Gasteiger partial charge in [-0.15, -0.1) is 0 Å². The van der Waals surface area contributed by atoms with Gasteiger partial charge in [-0.1, -0.05) is 67.1 Å². The van der Waals surface area contributed by atoms with E-state index in [1.54, 1.807) is 7.11 Å². The topological polar surface area (TPSA) is 58.0 Å². The maximum Gasteiger partial charge on any atom is 0.270 e. The van der Waals surface area contributed by atoms with Crippen LogP contribution in [0, 0.1) is 0 Å². The predicted octanol–water partition coefficient (Wildman–Crippen LogP) is 7.62. The average Bonchev–Trinajstić information content (AvgIpc) is 3.46. The van der Waals surface area contributed by atoms with E-state index >= 15 is 0 Å². The maximum absolute atomic E-state index is 14.4. The molecule has 0 N–H and O–H groups in total. The fourth-order valence-electron chi connectivity index (χ4n) is 8.07. The van der Waals surface area contributed by atoms with Crippen molar-refractivity contribution in [2.45, 2.75) is 51.2 Å². The maximum atomic E-state index is 14.4. The Bertz CT molecular complexity index is 1980. The van der Waals surface area contributed by atoms with Crippen LogP contribution in [-0.2, 0) is 13.1 Å². The number of ether oxygens (including phenoxy) is 1. The fraction of sp³-hybridized carbons (Fsp3) is 0.317. The molecule has 244 valence electrons. The number of para-hydroxylation sites is 1. The SMILES string of the molecule is COc1cc(C(=O)N2Cc3ccc(C(=O)N4CCC(N5CCCCC5)CC4)n3Cc3ccccc32)ccc1-c1cccc2ccccc12. The van der Waals surface area contributed by atoms with E-state index < -0.39 is 0 Å². The van der Waals surface area contributed by atoms with Gasteiger partial charge in [-0.25, -0.2) is 0 Å². The summed E-state index contributed by atoms with van der Waals surface area (Å²) in [4.78, 5) is 34.9. The average molecular weight is 639 g/mol. The van der Waals surface area contributed by atoms with E-state index in [9.17, 15) is 9.59 Å². The number of rotatable bonds is 5. The summed E-state index contributed by atoms with van der Waals surface area (Å²) in [6, 6.07) is 32.9. The molecule has 8 rings (SSSR count). The first-order valence-electron chi connectivity index (χ1n) is 17.4. The number of carbonyl (C=O) groups is 2. The van der Waals surface area contributed by atoms with Crippen LogP contribution in [0.2, 0.25) is 0 Å². The highest BCUT2D eigenvalue weighted by molar-refractivity contribution is 6.08. The summed E-state index contributed by atoms with van der Waals surface area (Å²) >= 11 is 0. The van der Waals surface area contributed by atoms with E-state index in [4.69, 9.17) is 4.74 Å². The zero-order valence-electron chi connectivity index (χ0n) is 27.6. The number of benzene rings is 4. The molecule has 1 aromatic heterocycles. The number of hydrogen-bond acceptors (Lipinski definition) is 4. The van der Waals surface area contributed by atoms with Gasteiger partial charge in [0, 0.05) is 41.6 Å². The molecule has 0 radical (unpaired) electrons. The minimum absolute atomic E-state index is 0.0874. The van der Waals surface area contributed by atoms with E-state index in [0.29, 0.717) is 36.1 Å². The van der Waals surface area contributed by atoms with Gasteiger partial charge in [0.15, 0.2) is 0 Å². The summed E-state index contributed by atoms with van der Waals surface area (Å²) in [5, 5.41) is 2.29. The molecule has 3 aliphatic heterocycles. The van der Waals surface area contributed by atoms with Crippen molar-refractivity contribution in [2.24, 2.45) is 0 Å². The number of aromatic nitrogens is 1. The van der Waals surface area contributed by atoms with Gasteiger partial charge < -0.3 is 24.0 Å². The second kappa shape index (κ2) is 13.0. The summed E-state index contributed by atoms with van der Waals surface area (Å²) in [7, 11) is 1.65. The lowest BCUT2D eigenvalue weighted by molar-refractivity contribution is 0.0580. The summed E-state index contributed by atoms with van der Waals surface area (Å²) in [5.74, 6) is 0.637. The molecule has 0 spiro atoms. The van der Waals surface area contributed by atoms with Crippen LogP contribution in [-0.4, -0.2) is 65.5 Å². The van der Waals surface area contributed by atoms with Crippen LogP contribution in [0.5, 0.6) is 5.75 Å². The van der Waals surface area contributed by atoms with Crippen molar-refractivity contribution < 1.29 is 14.3 Å². The van der Waals surface area contributed by atoms with Gasteiger partial charge in [-0.3, -0.25) is 9.59 Å². The van der Waals surface area contributed by atoms with Crippen molar-refractivity contribution in [2.75, 3.05) is 38.2 Å². The van der Waals surface area contributed by atoms with E-state index in [-0.39, 0.29) is 11.8 Å². The van der Waals surface area contributed by atoms with Crippen molar-refractivity contribution in [3.8, 4) is 16.9 Å². The van der Waals surface area contributed by atoms with Crippen molar-refractivity contribution in [3.05, 3.63) is 120 Å². The Hall–Kier alpha value is -4.88. The second-order valence-electron chi connectivity index (χ2n) is 13.4. The van der Waals surface area contributed by atoms with E-state index in [1.807, 2.05) is 70.5 Å². The van der Waals surface area contributed by atoms with Crippen LogP contribution in [0.1, 0.15) is 64.2 Å². The lowest BCUT2D eigenvalue weighted by Gasteiger charge is -2.40. The van der Waals surface area contributed by atoms with Crippen molar-refractivity contribution in [1.82, 2.24) is 14.4 Å². The molecule has 3 aliphatic rings. The number of anilines is 1. The summed E-state index contributed by atoms with van der Waals surface area (Å²) in [6.45, 7) is 4.88. The molecule has 2 fully saturated rings. The van der Waals surface area contributed by atoms with Gasteiger partial charge in [-0.2, -0.15) is 0 Å². The molecule has 4 heterocycles. The van der Waals surface area contributed by atoms with Crippen molar-refractivity contribution in [3.63, 3.8) is 0 Å². The first-order valence-corrected chi connectivity index (χ1v) is 17.4. The van der Waals surface area contributed by atoms with E-state index in [1.165, 1.54) is 32.4 Å². The number of carbonyl (C=O) groups excluding carboxylic acids is 2. The van der Waals surface area contributed by atoms with Crippen molar-refractivity contribution in [1.29, 1.82) is 0 Å². The molecule has 7 nitrogen and oxygen atoms in total. The van der Waals surface area contributed by atoms with Gasteiger partial charge in [-0.05, 0) is 97.1 Å². The Kier molecular flexibility index (Phi) is 8.22. The fourth-order valence-corrected chi connectivity index (χ4v) is 8.07. The standard InChI is InChI=1S/C41H42N4O3/c1-48-39-26-30(16-18-36(39)35-14-9-12-29-10-3-5-13-34(29)35)40(46)45-28-33-17-19-38(44(33)27-31-11-4-6-15-37(31)45)41(47)43-24-20-32(21-25-43)42-22-7-2-8-23-42/h3-6,9-19,26,32H,2,7-8,20-25,27-28H2,1H3. The Balaban J connectivity index is 1.07. The van der Waals surface area contributed by atoms with Gasteiger partial charge in [0.05, 0.1) is 20.2 Å². The third-order valence-corrected chi connectivity index (χ3v) is 10.7. The zero-order chi connectivity index (χ0) is 32.6. The Morgan fingerprint density at radius 1 is 0.708 bits per heavy atom. The molecule has 0 saturated carbocycles. The summed E-state index contributed by atoms with van der Waals surface area (Å²) in [6.07, 6.45) is 5.99. The molecule has 2 amide bonds. The number of hydrogen-bond donors (Lipinski definition) is 0.